The molecule has 4 rings (SSSR count). The van der Waals surface area contributed by atoms with Crippen LogP contribution in [0.1, 0.15) is 61.0 Å². The average Bonchev–Trinajstić information content (AvgIpc) is 3.27. The molecule has 0 radical (unpaired) electrons. The lowest BCUT2D eigenvalue weighted by molar-refractivity contribution is -0.129. The molecular weight excluding hydrogens is 394 g/mol. The van der Waals surface area contributed by atoms with Gasteiger partial charge in [-0.25, -0.2) is 4.98 Å². The standard InChI is InChI=1S/C24H27N3O2S/c1-2-29-20-11-9-17(10-12-20)22-8-5-13-27(22)23(28)16-30-24-19(15-25)14-18-6-3-4-7-21(18)26-24/h9-12,14,22H,2-8,13,16H2,1H3. The Labute approximate surface area is 182 Å². The number of nitriles is 1. The van der Waals surface area contributed by atoms with Crippen LogP contribution in [-0.4, -0.2) is 34.7 Å². The Hall–Kier alpha value is -2.52. The largest absolute Gasteiger partial charge is 0.494 e. The predicted octanol–water partition coefficient (Wildman–Crippen LogP) is 4.69. The summed E-state index contributed by atoms with van der Waals surface area (Å²) < 4.78 is 5.53. The van der Waals surface area contributed by atoms with E-state index in [0.29, 0.717) is 22.9 Å². The fraction of sp³-hybridized carbons (Fsp3) is 0.458. The summed E-state index contributed by atoms with van der Waals surface area (Å²) in [6, 6.07) is 12.4. The lowest BCUT2D eigenvalue weighted by atomic mass is 9.95. The average molecular weight is 422 g/mol. The molecule has 2 aliphatic rings. The lowest BCUT2D eigenvalue weighted by Crippen LogP contribution is -2.32. The van der Waals surface area contributed by atoms with Crippen LogP contribution in [-0.2, 0) is 17.6 Å². The van der Waals surface area contributed by atoms with Crippen molar-refractivity contribution >= 4 is 17.7 Å². The molecular formula is C24H27N3O2S. The number of likely N-dealkylation sites (tertiary alicyclic amines) is 1. The number of carbonyl (C=O) groups is 1. The Bertz CT molecular complexity index is 952. The summed E-state index contributed by atoms with van der Waals surface area (Å²) in [6.07, 6.45) is 6.26. The zero-order valence-corrected chi connectivity index (χ0v) is 18.2. The molecule has 1 aliphatic heterocycles. The number of aryl methyl sites for hydroxylation is 2. The summed E-state index contributed by atoms with van der Waals surface area (Å²) in [6.45, 7) is 3.39. The SMILES string of the molecule is CCOc1ccc(C2CCCN2C(=O)CSc2nc3c(cc2C#N)CCCC3)cc1. The number of hydrogen-bond donors (Lipinski definition) is 0. The summed E-state index contributed by atoms with van der Waals surface area (Å²) in [5.74, 6) is 1.28. The monoisotopic (exact) mass is 421 g/mol. The summed E-state index contributed by atoms with van der Waals surface area (Å²) in [7, 11) is 0. The van der Waals surface area contributed by atoms with Gasteiger partial charge in [-0.2, -0.15) is 5.26 Å². The van der Waals surface area contributed by atoms with Crippen molar-refractivity contribution < 1.29 is 9.53 Å². The highest BCUT2D eigenvalue weighted by Crippen LogP contribution is 2.34. The Morgan fingerprint density at radius 1 is 1.27 bits per heavy atom. The first-order valence-electron chi connectivity index (χ1n) is 10.8. The molecule has 1 atom stereocenters. The van der Waals surface area contributed by atoms with Crippen LogP contribution >= 0.6 is 11.8 Å². The molecule has 6 heteroatoms. The van der Waals surface area contributed by atoms with Gasteiger partial charge in [0.2, 0.25) is 5.91 Å². The highest BCUT2D eigenvalue weighted by Gasteiger charge is 2.30. The first-order valence-corrected chi connectivity index (χ1v) is 11.8. The molecule has 1 aliphatic carbocycles. The van der Waals surface area contributed by atoms with Crippen LogP contribution in [0.5, 0.6) is 5.75 Å². The van der Waals surface area contributed by atoms with Crippen LogP contribution < -0.4 is 4.74 Å². The Kier molecular flexibility index (Phi) is 6.59. The van der Waals surface area contributed by atoms with E-state index in [2.05, 4.69) is 18.2 Å². The summed E-state index contributed by atoms with van der Waals surface area (Å²) in [5, 5.41) is 10.2. The van der Waals surface area contributed by atoms with Crippen molar-refractivity contribution in [2.24, 2.45) is 0 Å². The number of fused-ring (bicyclic) bond motifs is 1. The number of carbonyl (C=O) groups excluding carboxylic acids is 1. The van der Waals surface area contributed by atoms with E-state index in [0.717, 1.165) is 62.1 Å². The maximum Gasteiger partial charge on any atom is 0.233 e. The van der Waals surface area contributed by atoms with Crippen LogP contribution in [0, 0.1) is 11.3 Å². The Morgan fingerprint density at radius 2 is 2.07 bits per heavy atom. The number of benzene rings is 1. The van der Waals surface area contributed by atoms with Gasteiger partial charge < -0.3 is 9.64 Å². The van der Waals surface area contributed by atoms with Crippen molar-refractivity contribution in [1.29, 1.82) is 5.26 Å². The number of pyridine rings is 1. The first kappa shape index (κ1) is 20.7. The van der Waals surface area contributed by atoms with E-state index in [1.165, 1.54) is 17.3 Å². The molecule has 0 spiro atoms. The third-order valence-electron chi connectivity index (χ3n) is 5.87. The highest BCUT2D eigenvalue weighted by molar-refractivity contribution is 8.00. The van der Waals surface area contributed by atoms with E-state index in [-0.39, 0.29) is 11.9 Å². The van der Waals surface area contributed by atoms with Crippen molar-refractivity contribution in [3.63, 3.8) is 0 Å². The van der Waals surface area contributed by atoms with Gasteiger partial charge in [-0.05, 0) is 74.8 Å². The molecule has 0 bridgehead atoms. The van der Waals surface area contributed by atoms with E-state index >= 15 is 0 Å². The van der Waals surface area contributed by atoms with Crippen LogP contribution in [0.4, 0.5) is 0 Å². The van der Waals surface area contributed by atoms with Crippen LogP contribution in [0.15, 0.2) is 35.4 Å². The zero-order valence-electron chi connectivity index (χ0n) is 17.4. The molecule has 0 saturated carbocycles. The van der Waals surface area contributed by atoms with Crippen LogP contribution in [0.2, 0.25) is 0 Å². The summed E-state index contributed by atoms with van der Waals surface area (Å²) in [5.41, 5.74) is 4.05. The molecule has 156 valence electrons. The second kappa shape index (κ2) is 9.53. The van der Waals surface area contributed by atoms with Crippen molar-refractivity contribution in [1.82, 2.24) is 9.88 Å². The van der Waals surface area contributed by atoms with E-state index in [9.17, 15) is 10.1 Å². The molecule has 2 aromatic rings. The molecule has 1 aromatic carbocycles. The van der Waals surface area contributed by atoms with Crippen molar-refractivity contribution in [2.75, 3.05) is 18.9 Å². The van der Waals surface area contributed by atoms with Crippen LogP contribution in [0.25, 0.3) is 0 Å². The minimum atomic E-state index is 0.111. The molecule has 1 saturated heterocycles. The smallest absolute Gasteiger partial charge is 0.233 e. The fourth-order valence-electron chi connectivity index (χ4n) is 4.38. The summed E-state index contributed by atoms with van der Waals surface area (Å²) in [4.78, 5) is 19.8. The number of aromatic nitrogens is 1. The van der Waals surface area contributed by atoms with Crippen molar-refractivity contribution in [3.05, 3.63) is 52.7 Å². The molecule has 1 amide bonds. The van der Waals surface area contributed by atoms with Gasteiger partial charge in [0.1, 0.15) is 16.8 Å². The molecule has 2 heterocycles. The maximum absolute atomic E-state index is 13.0. The lowest BCUT2D eigenvalue weighted by Gasteiger charge is -2.25. The number of nitrogens with zero attached hydrogens (tertiary/aromatic N) is 3. The van der Waals surface area contributed by atoms with Gasteiger partial charge in [0.05, 0.1) is 24.0 Å². The highest BCUT2D eigenvalue weighted by atomic mass is 32.2. The predicted molar refractivity (Wildman–Crippen MR) is 118 cm³/mol. The number of amides is 1. The van der Waals surface area contributed by atoms with Gasteiger partial charge in [-0.3, -0.25) is 4.79 Å². The number of rotatable bonds is 6. The van der Waals surface area contributed by atoms with E-state index in [1.807, 2.05) is 30.0 Å². The normalized spacial score (nSPS) is 18.0. The first-order chi connectivity index (χ1) is 14.7. The topological polar surface area (TPSA) is 66.2 Å². The molecule has 30 heavy (non-hydrogen) atoms. The minimum Gasteiger partial charge on any atom is -0.494 e. The zero-order chi connectivity index (χ0) is 20.9. The van der Waals surface area contributed by atoms with Crippen LogP contribution in [0.3, 0.4) is 0 Å². The number of hydrogen-bond acceptors (Lipinski definition) is 5. The third kappa shape index (κ3) is 4.46. The second-order valence-corrected chi connectivity index (χ2v) is 8.77. The third-order valence-corrected chi connectivity index (χ3v) is 6.84. The van der Waals surface area contributed by atoms with Gasteiger partial charge in [0.25, 0.3) is 0 Å². The van der Waals surface area contributed by atoms with Gasteiger partial charge in [-0.15, -0.1) is 0 Å². The molecule has 1 unspecified atom stereocenters. The quantitative estimate of drug-likeness (QED) is 0.633. The maximum atomic E-state index is 13.0. The van der Waals surface area contributed by atoms with Gasteiger partial charge in [0.15, 0.2) is 0 Å². The molecule has 0 N–H and O–H groups in total. The van der Waals surface area contributed by atoms with Gasteiger partial charge >= 0.3 is 0 Å². The van der Waals surface area contributed by atoms with E-state index in [4.69, 9.17) is 9.72 Å². The Morgan fingerprint density at radius 3 is 2.83 bits per heavy atom. The summed E-state index contributed by atoms with van der Waals surface area (Å²) >= 11 is 1.40. The van der Waals surface area contributed by atoms with E-state index < -0.39 is 0 Å². The Balaban J connectivity index is 1.44. The number of ether oxygens (including phenoxy) is 1. The molecule has 5 nitrogen and oxygen atoms in total. The van der Waals surface area contributed by atoms with E-state index in [1.54, 1.807) is 0 Å². The molecule has 1 aromatic heterocycles. The molecule has 1 fully saturated rings. The van der Waals surface area contributed by atoms with Gasteiger partial charge in [0, 0.05) is 12.2 Å². The van der Waals surface area contributed by atoms with Gasteiger partial charge in [-0.1, -0.05) is 23.9 Å². The fourth-order valence-corrected chi connectivity index (χ4v) is 5.24. The minimum absolute atomic E-state index is 0.111. The second-order valence-electron chi connectivity index (χ2n) is 7.80. The van der Waals surface area contributed by atoms with Crippen molar-refractivity contribution in [2.45, 2.75) is 56.5 Å². The van der Waals surface area contributed by atoms with Crippen molar-refractivity contribution in [3.8, 4) is 11.8 Å². The number of thioether (sulfide) groups is 1.